The molecule has 3 nitrogen and oxygen atoms in total. The van der Waals surface area contributed by atoms with E-state index in [1.807, 2.05) is 25.1 Å². The van der Waals surface area contributed by atoms with Crippen LogP contribution in [0.3, 0.4) is 0 Å². The van der Waals surface area contributed by atoms with Gasteiger partial charge in [-0.3, -0.25) is 0 Å². The van der Waals surface area contributed by atoms with Gasteiger partial charge in [0.2, 0.25) is 0 Å². The predicted octanol–water partition coefficient (Wildman–Crippen LogP) is 3.78. The molecule has 21 heavy (non-hydrogen) atoms. The number of nitrogens with zero attached hydrogens (tertiary/aromatic N) is 2. The van der Waals surface area contributed by atoms with Crippen molar-refractivity contribution in [3.05, 3.63) is 53.7 Å². The molecule has 3 heteroatoms. The molecule has 0 bridgehead atoms. The van der Waals surface area contributed by atoms with Gasteiger partial charge < -0.3 is 9.64 Å². The second-order valence-corrected chi connectivity index (χ2v) is 5.84. The molecule has 0 aliphatic carbocycles. The van der Waals surface area contributed by atoms with E-state index in [1.165, 1.54) is 12.0 Å². The van der Waals surface area contributed by atoms with Gasteiger partial charge in [-0.1, -0.05) is 18.2 Å². The molecule has 1 aliphatic heterocycles. The fourth-order valence-electron chi connectivity index (χ4n) is 3.16. The van der Waals surface area contributed by atoms with Crippen LogP contribution < -0.4 is 9.64 Å². The smallest absolute Gasteiger partial charge is 0.129 e. The van der Waals surface area contributed by atoms with Gasteiger partial charge in [0.1, 0.15) is 11.6 Å². The number of anilines is 1. The van der Waals surface area contributed by atoms with E-state index in [-0.39, 0.29) is 0 Å². The Hall–Kier alpha value is -2.03. The van der Waals surface area contributed by atoms with Gasteiger partial charge in [-0.05, 0) is 50.1 Å². The van der Waals surface area contributed by atoms with Crippen LogP contribution in [-0.4, -0.2) is 24.7 Å². The summed E-state index contributed by atoms with van der Waals surface area (Å²) in [6.45, 7) is 5.36. The van der Waals surface area contributed by atoms with Crippen LogP contribution in [-0.2, 0) is 0 Å². The first-order valence-electron chi connectivity index (χ1n) is 7.51. The molecule has 2 aromatic rings. The van der Waals surface area contributed by atoms with Gasteiger partial charge >= 0.3 is 0 Å². The molecule has 1 aliphatic rings. The van der Waals surface area contributed by atoms with Gasteiger partial charge in [0, 0.05) is 24.2 Å². The van der Waals surface area contributed by atoms with Gasteiger partial charge in [-0.15, -0.1) is 0 Å². The second kappa shape index (κ2) is 5.76. The number of hydrogen-bond donors (Lipinski definition) is 0. The van der Waals surface area contributed by atoms with Crippen molar-refractivity contribution in [1.82, 2.24) is 4.98 Å². The van der Waals surface area contributed by atoms with Crippen LogP contribution >= 0.6 is 0 Å². The van der Waals surface area contributed by atoms with Crippen molar-refractivity contribution in [2.24, 2.45) is 0 Å². The van der Waals surface area contributed by atoms with Gasteiger partial charge in [-0.2, -0.15) is 0 Å². The summed E-state index contributed by atoms with van der Waals surface area (Å²) in [6.07, 6.45) is 1.17. The summed E-state index contributed by atoms with van der Waals surface area (Å²) >= 11 is 0. The average Bonchev–Trinajstić information content (AvgIpc) is 2.89. The summed E-state index contributed by atoms with van der Waals surface area (Å²) in [6, 6.07) is 15.2. The third-order valence-electron chi connectivity index (χ3n) is 4.33. The Morgan fingerprint density at radius 3 is 2.57 bits per heavy atom. The summed E-state index contributed by atoms with van der Waals surface area (Å²) in [5.74, 6) is 2.58. The van der Waals surface area contributed by atoms with Crippen molar-refractivity contribution >= 4 is 5.82 Å². The summed E-state index contributed by atoms with van der Waals surface area (Å²) < 4.78 is 5.24. The summed E-state index contributed by atoms with van der Waals surface area (Å²) in [5, 5.41) is 0. The molecular formula is C18H22N2O. The topological polar surface area (TPSA) is 25.4 Å². The molecule has 0 radical (unpaired) electrons. The number of rotatable bonds is 3. The molecular weight excluding hydrogens is 260 g/mol. The van der Waals surface area contributed by atoms with Crippen LogP contribution in [0.4, 0.5) is 5.82 Å². The Labute approximate surface area is 126 Å². The first-order valence-corrected chi connectivity index (χ1v) is 7.51. The van der Waals surface area contributed by atoms with E-state index >= 15 is 0 Å². The first-order chi connectivity index (χ1) is 10.2. The van der Waals surface area contributed by atoms with Crippen molar-refractivity contribution in [2.45, 2.75) is 32.2 Å². The fourth-order valence-corrected chi connectivity index (χ4v) is 3.16. The number of hydrogen-bond acceptors (Lipinski definition) is 3. The van der Waals surface area contributed by atoms with E-state index in [2.05, 4.69) is 41.1 Å². The lowest BCUT2D eigenvalue weighted by Gasteiger charge is -2.22. The van der Waals surface area contributed by atoms with Gasteiger partial charge in [0.25, 0.3) is 0 Å². The van der Waals surface area contributed by atoms with E-state index in [0.717, 1.165) is 23.8 Å². The highest BCUT2D eigenvalue weighted by molar-refractivity contribution is 5.44. The van der Waals surface area contributed by atoms with Crippen LogP contribution in [0, 0.1) is 6.92 Å². The molecule has 2 atom stereocenters. The lowest BCUT2D eigenvalue weighted by molar-refractivity contribution is 0.414. The lowest BCUT2D eigenvalue weighted by atomic mass is 9.97. The van der Waals surface area contributed by atoms with E-state index in [4.69, 9.17) is 4.74 Å². The molecule has 110 valence electrons. The van der Waals surface area contributed by atoms with Crippen molar-refractivity contribution in [3.63, 3.8) is 0 Å². The molecule has 0 N–H and O–H groups in total. The van der Waals surface area contributed by atoms with Gasteiger partial charge in [-0.25, -0.2) is 4.98 Å². The van der Waals surface area contributed by atoms with Crippen molar-refractivity contribution in [2.75, 3.05) is 18.6 Å². The number of aryl methyl sites for hydroxylation is 1. The molecule has 1 aromatic carbocycles. The van der Waals surface area contributed by atoms with Crippen molar-refractivity contribution < 1.29 is 4.74 Å². The van der Waals surface area contributed by atoms with E-state index in [0.29, 0.717) is 12.0 Å². The maximum Gasteiger partial charge on any atom is 0.129 e. The zero-order valence-corrected chi connectivity index (χ0v) is 12.9. The van der Waals surface area contributed by atoms with Crippen molar-refractivity contribution in [1.29, 1.82) is 0 Å². The SMILES string of the molecule is COc1ccc(C2CC(C)N(c3cccc(C)n3)C2)cc1. The third-order valence-corrected chi connectivity index (χ3v) is 4.33. The van der Waals surface area contributed by atoms with E-state index < -0.39 is 0 Å². The second-order valence-electron chi connectivity index (χ2n) is 5.84. The molecule has 2 heterocycles. The fraction of sp³-hybridized carbons (Fsp3) is 0.389. The Morgan fingerprint density at radius 1 is 1.14 bits per heavy atom. The molecule has 0 saturated carbocycles. The molecule has 1 fully saturated rings. The largest absolute Gasteiger partial charge is 0.497 e. The summed E-state index contributed by atoms with van der Waals surface area (Å²) in [5.41, 5.74) is 2.46. The monoisotopic (exact) mass is 282 g/mol. The molecule has 0 spiro atoms. The molecule has 0 amide bonds. The first kappa shape index (κ1) is 13.9. The molecule has 1 aromatic heterocycles. The predicted molar refractivity (Wildman–Crippen MR) is 86.1 cm³/mol. The average molecular weight is 282 g/mol. The quantitative estimate of drug-likeness (QED) is 0.856. The minimum absolute atomic E-state index is 0.520. The van der Waals surface area contributed by atoms with Crippen LogP contribution in [0.25, 0.3) is 0 Å². The normalized spacial score (nSPS) is 21.6. The Balaban J connectivity index is 1.79. The number of ether oxygens (including phenoxy) is 1. The third kappa shape index (κ3) is 2.87. The minimum Gasteiger partial charge on any atom is -0.497 e. The van der Waals surface area contributed by atoms with Crippen LogP contribution in [0.2, 0.25) is 0 Å². The Bertz CT molecular complexity index is 609. The lowest BCUT2D eigenvalue weighted by Crippen LogP contribution is -2.27. The highest BCUT2D eigenvalue weighted by Crippen LogP contribution is 2.34. The van der Waals surface area contributed by atoms with Gasteiger partial charge in [0.15, 0.2) is 0 Å². The van der Waals surface area contributed by atoms with E-state index in [9.17, 15) is 0 Å². The number of aromatic nitrogens is 1. The highest BCUT2D eigenvalue weighted by atomic mass is 16.5. The van der Waals surface area contributed by atoms with Crippen LogP contribution in [0.5, 0.6) is 5.75 Å². The van der Waals surface area contributed by atoms with Crippen LogP contribution in [0.15, 0.2) is 42.5 Å². The maximum absolute atomic E-state index is 5.24. The zero-order chi connectivity index (χ0) is 14.8. The van der Waals surface area contributed by atoms with E-state index in [1.54, 1.807) is 7.11 Å². The minimum atomic E-state index is 0.520. The number of methoxy groups -OCH3 is 1. The zero-order valence-electron chi connectivity index (χ0n) is 12.9. The number of benzene rings is 1. The maximum atomic E-state index is 5.24. The highest BCUT2D eigenvalue weighted by Gasteiger charge is 2.30. The molecule has 1 saturated heterocycles. The van der Waals surface area contributed by atoms with Crippen molar-refractivity contribution in [3.8, 4) is 5.75 Å². The Kier molecular flexibility index (Phi) is 3.82. The number of pyridine rings is 1. The molecule has 2 unspecified atom stereocenters. The van der Waals surface area contributed by atoms with Crippen LogP contribution in [0.1, 0.15) is 30.5 Å². The summed E-state index contributed by atoms with van der Waals surface area (Å²) in [7, 11) is 1.71. The van der Waals surface area contributed by atoms with Gasteiger partial charge in [0.05, 0.1) is 7.11 Å². The molecule has 3 rings (SSSR count). The summed E-state index contributed by atoms with van der Waals surface area (Å²) in [4.78, 5) is 7.09. The standard InChI is InChI=1S/C18H22N2O/c1-13-5-4-6-18(19-13)20-12-16(11-14(20)2)15-7-9-17(21-3)10-8-15/h4-10,14,16H,11-12H2,1-3H3. The Morgan fingerprint density at radius 2 is 1.90 bits per heavy atom.